The number of unbranched alkanes of at least 4 members (excludes halogenated alkanes) is 1. The first-order valence-electron chi connectivity index (χ1n) is 15.0. The summed E-state index contributed by atoms with van der Waals surface area (Å²) < 4.78 is 13.8. The van der Waals surface area contributed by atoms with Crippen LogP contribution < -0.4 is 10.6 Å². The third-order valence-corrected chi connectivity index (χ3v) is 7.88. The van der Waals surface area contributed by atoms with Gasteiger partial charge in [0.15, 0.2) is 23.1 Å². The van der Waals surface area contributed by atoms with Crippen molar-refractivity contribution in [2.75, 3.05) is 18.4 Å². The molecule has 15 heteroatoms. The van der Waals surface area contributed by atoms with Crippen LogP contribution in [0.2, 0.25) is 0 Å². The van der Waals surface area contributed by atoms with E-state index in [1.54, 1.807) is 25.3 Å². The van der Waals surface area contributed by atoms with E-state index in [1.165, 1.54) is 0 Å². The molecule has 3 aromatic heterocycles. The van der Waals surface area contributed by atoms with Gasteiger partial charge >= 0.3 is 12.1 Å². The van der Waals surface area contributed by atoms with E-state index in [4.69, 9.17) is 9.15 Å². The molecule has 5 rings (SSSR count). The predicted molar refractivity (Wildman–Crippen MR) is 177 cm³/mol. The van der Waals surface area contributed by atoms with E-state index in [9.17, 15) is 19.5 Å². The molecule has 0 aliphatic carbocycles. The minimum Gasteiger partial charge on any atom is -0.476 e. The summed E-state index contributed by atoms with van der Waals surface area (Å²) in [6.45, 7) is 6.90. The number of carboxylic acid groups (broad SMARTS) is 1. The fourth-order valence-electron chi connectivity index (χ4n) is 4.99. The molecule has 5 aromatic rings. The zero-order chi connectivity index (χ0) is 33.7. The number of carboxylic acids is 1. The van der Waals surface area contributed by atoms with Gasteiger partial charge in [-0.05, 0) is 71.2 Å². The largest absolute Gasteiger partial charge is 0.476 e. The molecule has 47 heavy (non-hydrogen) atoms. The van der Waals surface area contributed by atoms with Crippen LogP contribution in [0.3, 0.4) is 0 Å². The lowest BCUT2D eigenvalue weighted by molar-refractivity contribution is -0.116. The number of aromatic carboxylic acids is 1. The summed E-state index contributed by atoms with van der Waals surface area (Å²) in [6.07, 6.45) is 1.51. The predicted octanol–water partition coefficient (Wildman–Crippen LogP) is 5.83. The number of H-pyrrole nitrogens is 1. The van der Waals surface area contributed by atoms with E-state index < -0.39 is 17.7 Å². The van der Waals surface area contributed by atoms with Crippen molar-refractivity contribution in [1.29, 1.82) is 0 Å². The Bertz CT molecular complexity index is 1910. The van der Waals surface area contributed by atoms with Gasteiger partial charge in [0.1, 0.15) is 22.8 Å². The molecule has 0 atom stereocenters. The van der Waals surface area contributed by atoms with E-state index in [1.807, 2.05) is 49.4 Å². The number of rotatable bonds is 13. The Labute approximate surface area is 278 Å². The van der Waals surface area contributed by atoms with Crippen LogP contribution in [0.15, 0.2) is 51.4 Å². The number of aromatic amines is 1. The summed E-state index contributed by atoms with van der Waals surface area (Å²) in [5.41, 5.74) is 2.24. The summed E-state index contributed by atoms with van der Waals surface area (Å²) in [6, 6.07) is 13.3. The van der Waals surface area contributed by atoms with E-state index in [0.717, 1.165) is 39.4 Å². The van der Waals surface area contributed by atoms with Crippen molar-refractivity contribution in [2.45, 2.75) is 59.1 Å². The molecule has 0 aliphatic heterocycles. The fraction of sp³-hybridized carbons (Fsp3) is 0.344. The number of carbonyl (C=O) groups is 3. The number of fused-ring (bicyclic) bond motifs is 1. The Kier molecular flexibility index (Phi) is 10.0. The minimum absolute atomic E-state index is 0.0642. The second-order valence-electron chi connectivity index (χ2n) is 11.8. The first-order chi connectivity index (χ1) is 22.4. The normalized spacial score (nSPS) is 11.5. The van der Waals surface area contributed by atoms with Gasteiger partial charge in [-0.15, -0.1) is 5.10 Å². The topological polar surface area (TPSA) is 190 Å². The summed E-state index contributed by atoms with van der Waals surface area (Å²) in [4.78, 5) is 41.6. The number of aryl methyl sites for hydroxylation is 1. The van der Waals surface area contributed by atoms with Gasteiger partial charge < -0.3 is 29.5 Å². The molecule has 0 aliphatic rings. The lowest BCUT2D eigenvalue weighted by atomic mass is 10.0. The van der Waals surface area contributed by atoms with Gasteiger partial charge in [-0.25, -0.2) is 19.7 Å². The first-order valence-corrected chi connectivity index (χ1v) is 15.8. The zero-order valence-corrected chi connectivity index (χ0v) is 28.0. The number of amides is 1. The number of benzene rings is 2. The number of Topliss-reactive ketones (excluding diaryl/α,β-unsaturated/α-hetero) is 1. The van der Waals surface area contributed by atoms with Crippen molar-refractivity contribution in [2.24, 2.45) is 0 Å². The molecule has 14 nitrogen and oxygen atoms in total. The van der Waals surface area contributed by atoms with Crippen LogP contribution in [0.4, 0.5) is 10.6 Å². The Morgan fingerprint density at radius 3 is 2.55 bits per heavy atom. The number of tetrazole rings is 1. The van der Waals surface area contributed by atoms with Crippen LogP contribution in [0, 0.1) is 0 Å². The van der Waals surface area contributed by atoms with Gasteiger partial charge in [0, 0.05) is 29.5 Å². The second-order valence-corrected chi connectivity index (χ2v) is 12.6. The number of ether oxygens (including phenoxy) is 1. The van der Waals surface area contributed by atoms with Crippen molar-refractivity contribution < 1.29 is 28.6 Å². The van der Waals surface area contributed by atoms with Gasteiger partial charge in [0.25, 0.3) is 0 Å². The first kappa shape index (κ1) is 33.3. The Morgan fingerprint density at radius 1 is 1.11 bits per heavy atom. The number of furan rings is 1. The lowest BCUT2D eigenvalue weighted by Crippen LogP contribution is -2.37. The number of aromatic nitrogens is 6. The Hall–Kier alpha value is -5.05. The van der Waals surface area contributed by atoms with E-state index >= 15 is 0 Å². The van der Waals surface area contributed by atoms with Crippen molar-refractivity contribution in [3.05, 3.63) is 64.0 Å². The summed E-state index contributed by atoms with van der Waals surface area (Å²) in [7, 11) is 0. The van der Waals surface area contributed by atoms with Gasteiger partial charge in [0.2, 0.25) is 0 Å². The number of halogens is 1. The van der Waals surface area contributed by atoms with Crippen LogP contribution in [0.5, 0.6) is 0 Å². The third kappa shape index (κ3) is 7.85. The molecule has 0 radical (unpaired) electrons. The number of hydrogen-bond donors (Lipinski definition) is 4. The van der Waals surface area contributed by atoms with E-state index in [0.29, 0.717) is 29.4 Å². The highest BCUT2D eigenvalue weighted by molar-refractivity contribution is 9.10. The van der Waals surface area contributed by atoms with Crippen molar-refractivity contribution >= 4 is 50.6 Å². The lowest BCUT2D eigenvalue weighted by Gasteiger charge is -2.19. The molecular formula is C32H35BrN8O6. The molecule has 246 valence electrons. The summed E-state index contributed by atoms with van der Waals surface area (Å²) >= 11 is 3.72. The average molecular weight is 708 g/mol. The number of alkyl carbamates (subject to hydrolysis) is 1. The second kappa shape index (κ2) is 14.2. The van der Waals surface area contributed by atoms with E-state index in [-0.39, 0.29) is 36.9 Å². The Morgan fingerprint density at radius 2 is 1.87 bits per heavy atom. The number of ketones is 1. The maximum absolute atomic E-state index is 12.6. The molecular weight excluding hydrogens is 672 g/mol. The van der Waals surface area contributed by atoms with Gasteiger partial charge in [0.05, 0.1) is 17.6 Å². The number of anilines is 1. The maximum Gasteiger partial charge on any atom is 0.408 e. The molecule has 0 fully saturated rings. The highest BCUT2D eigenvalue weighted by Crippen LogP contribution is 2.41. The molecule has 4 N–H and O–H groups in total. The van der Waals surface area contributed by atoms with Crippen molar-refractivity contribution in [1.82, 2.24) is 35.5 Å². The van der Waals surface area contributed by atoms with Crippen LogP contribution in [-0.4, -0.2) is 71.8 Å². The zero-order valence-electron chi connectivity index (χ0n) is 26.4. The highest BCUT2D eigenvalue weighted by atomic mass is 79.9. The average Bonchev–Trinajstić information content (AvgIpc) is 3.76. The number of nitrogens with zero attached hydrogens (tertiary/aromatic N) is 5. The number of nitrogens with one attached hydrogen (secondary N) is 3. The van der Waals surface area contributed by atoms with Crippen molar-refractivity contribution in [3.8, 4) is 22.7 Å². The van der Waals surface area contributed by atoms with Gasteiger partial charge in [-0.3, -0.25) is 4.79 Å². The number of carbonyl (C=O) groups excluding carboxylic acids is 2. The molecule has 0 bridgehead atoms. The number of hydrogen-bond acceptors (Lipinski definition) is 10. The molecule has 0 unspecified atom stereocenters. The Balaban J connectivity index is 1.41. The monoisotopic (exact) mass is 706 g/mol. The molecule has 0 saturated heterocycles. The smallest absolute Gasteiger partial charge is 0.408 e. The maximum atomic E-state index is 12.6. The molecule has 1 amide bonds. The minimum atomic E-state index is -1.19. The standard InChI is InChI=1S/C32H35BrN8O6/c1-5-6-11-24-36-29(34-15-19(42)16-35-31(45)47-32(2,3)4)26(30(43)44)41(24)17-18-12-13-23-22(14-18)25(33)27(46-23)20-9-7-8-10-21(20)28-37-39-40-38-28/h7-10,12-14,34H,5-6,11,15-17H2,1-4H3,(H,35,45)(H,43,44)(H,37,38,39,40). The molecule has 0 spiro atoms. The summed E-state index contributed by atoms with van der Waals surface area (Å²) in [5, 5.41) is 30.6. The number of imidazole rings is 1. The summed E-state index contributed by atoms with van der Waals surface area (Å²) in [5.74, 6) is 0.199. The molecule has 2 aromatic carbocycles. The van der Waals surface area contributed by atoms with Gasteiger partial charge in [-0.1, -0.05) is 43.7 Å². The highest BCUT2D eigenvalue weighted by Gasteiger charge is 2.25. The van der Waals surface area contributed by atoms with Crippen molar-refractivity contribution in [3.63, 3.8) is 0 Å². The fourth-order valence-corrected chi connectivity index (χ4v) is 5.60. The van der Waals surface area contributed by atoms with Crippen LogP contribution in [0.1, 0.15) is 62.4 Å². The quantitative estimate of drug-likeness (QED) is 0.115. The van der Waals surface area contributed by atoms with Crippen LogP contribution in [-0.2, 0) is 22.5 Å². The van der Waals surface area contributed by atoms with E-state index in [2.05, 4.69) is 52.2 Å². The third-order valence-electron chi connectivity index (χ3n) is 7.09. The van der Waals surface area contributed by atoms with Crippen LogP contribution >= 0.6 is 15.9 Å². The van der Waals surface area contributed by atoms with Crippen LogP contribution in [0.25, 0.3) is 33.7 Å². The van der Waals surface area contributed by atoms with Gasteiger partial charge in [-0.2, -0.15) is 0 Å². The molecule has 3 heterocycles. The SMILES string of the molecule is CCCCc1nc(NCC(=O)CNC(=O)OC(C)(C)C)c(C(=O)O)n1Cc1ccc2oc(-c3ccccc3-c3nnn[nH]3)c(Br)c2c1. The molecule has 0 saturated carbocycles.